The summed E-state index contributed by atoms with van der Waals surface area (Å²) in [5.74, 6) is -11.9. The van der Waals surface area contributed by atoms with Gasteiger partial charge in [-0.25, -0.2) is 13.6 Å². The van der Waals surface area contributed by atoms with E-state index in [1.54, 1.807) is 0 Å². The molecule has 0 aliphatic carbocycles. The van der Waals surface area contributed by atoms with E-state index in [9.17, 15) is 36.9 Å². The molecule has 1 N–H and O–H groups in total. The van der Waals surface area contributed by atoms with Crippen LogP contribution >= 0.6 is 23.2 Å². The van der Waals surface area contributed by atoms with Gasteiger partial charge in [-0.2, -0.15) is 13.2 Å². The number of aromatic carboxylic acids is 1. The SMILES string of the molecule is O=C(O)c1c(F)c(OC(F)(Cl)C(F)Cl)c(F)c(F)c1[N+](=O)[O-]. The van der Waals surface area contributed by atoms with E-state index in [2.05, 4.69) is 16.3 Å². The molecular weight excluding hydrogens is 368 g/mol. The minimum Gasteiger partial charge on any atom is -0.477 e. The van der Waals surface area contributed by atoms with Gasteiger partial charge < -0.3 is 9.84 Å². The third-order valence-corrected chi connectivity index (χ3v) is 2.81. The lowest BCUT2D eigenvalue weighted by Crippen LogP contribution is -2.32. The Labute approximate surface area is 127 Å². The Hall–Kier alpha value is -1.88. The average molecular weight is 370 g/mol. The number of benzene rings is 1. The van der Waals surface area contributed by atoms with E-state index in [1.165, 1.54) is 0 Å². The van der Waals surface area contributed by atoms with Gasteiger partial charge in [0.25, 0.3) is 5.63 Å². The Kier molecular flexibility index (Phi) is 5.03. The Morgan fingerprint density at radius 1 is 1.32 bits per heavy atom. The summed E-state index contributed by atoms with van der Waals surface area (Å²) in [4.78, 5) is 19.5. The number of carboxylic acid groups (broad SMARTS) is 1. The quantitative estimate of drug-likeness (QED) is 0.282. The number of alkyl halides is 4. The van der Waals surface area contributed by atoms with Crippen LogP contribution in [0.25, 0.3) is 0 Å². The van der Waals surface area contributed by atoms with Gasteiger partial charge >= 0.3 is 17.0 Å². The highest BCUT2D eigenvalue weighted by Gasteiger charge is 2.44. The van der Waals surface area contributed by atoms with Crippen molar-refractivity contribution in [3.8, 4) is 5.75 Å². The van der Waals surface area contributed by atoms with Gasteiger partial charge in [-0.1, -0.05) is 11.6 Å². The second-order valence-electron chi connectivity index (χ2n) is 3.52. The summed E-state index contributed by atoms with van der Waals surface area (Å²) in [6.07, 6.45) is 0. The molecule has 13 heteroatoms. The molecule has 0 radical (unpaired) electrons. The van der Waals surface area contributed by atoms with E-state index in [1.807, 2.05) is 0 Å². The molecule has 6 nitrogen and oxygen atoms in total. The van der Waals surface area contributed by atoms with Gasteiger partial charge in [0.15, 0.2) is 11.4 Å². The van der Waals surface area contributed by atoms with E-state index in [0.717, 1.165) is 0 Å². The maximum absolute atomic E-state index is 13.8. The molecule has 22 heavy (non-hydrogen) atoms. The van der Waals surface area contributed by atoms with Crippen LogP contribution in [0.2, 0.25) is 0 Å². The summed E-state index contributed by atoms with van der Waals surface area (Å²) in [5, 5.41) is 15.0. The normalized spacial score (nSPS) is 15.0. The van der Waals surface area contributed by atoms with Crippen molar-refractivity contribution >= 4 is 34.9 Å². The van der Waals surface area contributed by atoms with E-state index >= 15 is 0 Å². The fourth-order valence-electron chi connectivity index (χ4n) is 1.26. The van der Waals surface area contributed by atoms with Crippen LogP contribution in [0.5, 0.6) is 5.75 Å². The molecule has 0 aliphatic heterocycles. The molecule has 0 spiro atoms. The highest BCUT2D eigenvalue weighted by Crippen LogP contribution is 2.39. The fourth-order valence-corrected chi connectivity index (χ4v) is 1.39. The van der Waals surface area contributed by atoms with Crippen LogP contribution in [0.15, 0.2) is 0 Å². The second-order valence-corrected chi connectivity index (χ2v) is 4.42. The molecule has 0 bridgehead atoms. The number of nitro groups is 1. The number of nitrogens with zero attached hydrogens (tertiary/aromatic N) is 1. The summed E-state index contributed by atoms with van der Waals surface area (Å²) in [7, 11) is 0. The highest BCUT2D eigenvalue weighted by molar-refractivity contribution is 6.30. The predicted molar refractivity (Wildman–Crippen MR) is 61.0 cm³/mol. The molecule has 2 atom stereocenters. The van der Waals surface area contributed by atoms with Gasteiger partial charge in [0.2, 0.25) is 17.4 Å². The third-order valence-electron chi connectivity index (χ3n) is 2.14. The average Bonchev–Trinajstić information content (AvgIpc) is 2.37. The first-order valence-electron chi connectivity index (χ1n) is 4.84. The molecule has 0 heterocycles. The van der Waals surface area contributed by atoms with E-state index in [-0.39, 0.29) is 0 Å². The number of carboxylic acids is 1. The molecule has 1 aromatic carbocycles. The summed E-state index contributed by atoms with van der Waals surface area (Å²) in [5.41, 5.74) is -7.24. The van der Waals surface area contributed by atoms with Crippen LogP contribution in [0, 0.1) is 27.6 Å². The molecule has 0 saturated carbocycles. The van der Waals surface area contributed by atoms with Crippen LogP contribution < -0.4 is 4.74 Å². The Morgan fingerprint density at radius 3 is 2.18 bits per heavy atom. The van der Waals surface area contributed by atoms with Gasteiger partial charge in [-0.05, 0) is 11.6 Å². The first-order chi connectivity index (χ1) is 9.91. The lowest BCUT2D eigenvalue weighted by Gasteiger charge is -2.20. The Balaban J connectivity index is 3.69. The summed E-state index contributed by atoms with van der Waals surface area (Å²) in [6.45, 7) is 0. The van der Waals surface area contributed by atoms with E-state index in [0.29, 0.717) is 0 Å². The zero-order chi connectivity index (χ0) is 17.4. The molecule has 122 valence electrons. The van der Waals surface area contributed by atoms with Crippen LogP contribution in [0.3, 0.4) is 0 Å². The number of hydrogen-bond acceptors (Lipinski definition) is 4. The number of nitro benzene ring substituents is 1. The maximum Gasteiger partial charge on any atom is 0.373 e. The molecule has 2 unspecified atom stereocenters. The minimum atomic E-state index is -4.10. The molecule has 0 saturated heterocycles. The van der Waals surface area contributed by atoms with Crippen molar-refractivity contribution in [1.82, 2.24) is 0 Å². The van der Waals surface area contributed by atoms with Gasteiger partial charge in [0.05, 0.1) is 4.92 Å². The Morgan fingerprint density at radius 2 is 1.82 bits per heavy atom. The number of rotatable bonds is 5. The molecule has 0 amide bonds. The van der Waals surface area contributed by atoms with Crippen molar-refractivity contribution in [2.45, 2.75) is 10.9 Å². The highest BCUT2D eigenvalue weighted by atomic mass is 35.5. The minimum absolute atomic E-state index is 1.72. The van der Waals surface area contributed by atoms with Gasteiger partial charge in [0.1, 0.15) is 0 Å². The fraction of sp³-hybridized carbons (Fsp3) is 0.222. The van der Waals surface area contributed by atoms with E-state index < -0.39 is 56.3 Å². The largest absolute Gasteiger partial charge is 0.477 e. The summed E-state index contributed by atoms with van der Waals surface area (Å²) in [6, 6.07) is 0. The Bertz CT molecular complexity index is 654. The van der Waals surface area contributed by atoms with Crippen molar-refractivity contribution in [3.05, 3.63) is 33.1 Å². The summed E-state index contributed by atoms with van der Waals surface area (Å²) < 4.78 is 70.2. The summed E-state index contributed by atoms with van der Waals surface area (Å²) >= 11 is 9.29. The first-order valence-corrected chi connectivity index (χ1v) is 5.66. The van der Waals surface area contributed by atoms with Crippen LogP contribution in [-0.4, -0.2) is 26.9 Å². The molecule has 1 aromatic rings. The first kappa shape index (κ1) is 18.2. The molecule has 0 aromatic heterocycles. The smallest absolute Gasteiger partial charge is 0.373 e. The van der Waals surface area contributed by atoms with Crippen molar-refractivity contribution in [2.24, 2.45) is 0 Å². The standard InChI is InChI=1S/C9H2Cl2F5NO5/c10-8(15)9(11,16)22-6-2(12)1(7(18)19)5(17(20)21)3(13)4(6)14/h8H,(H,18,19). The van der Waals surface area contributed by atoms with Gasteiger partial charge in [-0.15, -0.1) is 0 Å². The third kappa shape index (κ3) is 3.14. The van der Waals surface area contributed by atoms with Crippen molar-refractivity contribution in [2.75, 3.05) is 0 Å². The van der Waals surface area contributed by atoms with Gasteiger partial charge in [-0.3, -0.25) is 10.1 Å². The molecular formula is C9H2Cl2F5NO5. The number of ether oxygens (including phenoxy) is 1. The lowest BCUT2D eigenvalue weighted by atomic mass is 10.1. The van der Waals surface area contributed by atoms with Crippen LogP contribution in [0.1, 0.15) is 10.4 Å². The van der Waals surface area contributed by atoms with Gasteiger partial charge in [0, 0.05) is 0 Å². The molecule has 0 fully saturated rings. The monoisotopic (exact) mass is 369 g/mol. The van der Waals surface area contributed by atoms with Crippen molar-refractivity contribution < 1.29 is 41.5 Å². The van der Waals surface area contributed by atoms with Crippen molar-refractivity contribution in [3.63, 3.8) is 0 Å². The maximum atomic E-state index is 13.8. The van der Waals surface area contributed by atoms with Crippen LogP contribution in [0.4, 0.5) is 27.6 Å². The second kappa shape index (κ2) is 6.08. The zero-order valence-corrected chi connectivity index (χ0v) is 11.3. The number of carbonyl (C=O) groups is 1. The lowest BCUT2D eigenvalue weighted by molar-refractivity contribution is -0.388. The molecule has 1 rings (SSSR count). The molecule has 0 aliphatic rings. The van der Waals surface area contributed by atoms with E-state index in [4.69, 9.17) is 16.7 Å². The topological polar surface area (TPSA) is 89.7 Å². The number of hydrogen-bond donors (Lipinski definition) is 1. The van der Waals surface area contributed by atoms with Crippen molar-refractivity contribution in [1.29, 1.82) is 0 Å². The van der Waals surface area contributed by atoms with Crippen LogP contribution in [-0.2, 0) is 0 Å². The number of halogens is 7. The predicted octanol–water partition coefficient (Wildman–Crippen LogP) is 3.49. The zero-order valence-electron chi connectivity index (χ0n) is 9.75.